The van der Waals surface area contributed by atoms with Crippen LogP contribution in [0.5, 0.6) is 0 Å². The molecule has 5 heteroatoms. The Hall–Kier alpha value is -1.91. The summed E-state index contributed by atoms with van der Waals surface area (Å²) in [5.74, 6) is -0.446. The third-order valence-corrected chi connectivity index (χ3v) is 4.66. The molecule has 0 saturated heterocycles. The second-order valence-corrected chi connectivity index (χ2v) is 6.67. The predicted octanol–water partition coefficient (Wildman–Crippen LogP) is 4.46. The van der Waals surface area contributed by atoms with E-state index in [1.54, 1.807) is 10.6 Å². The maximum atomic E-state index is 13.6. The normalized spacial score (nSPS) is 11.3. The van der Waals surface area contributed by atoms with Gasteiger partial charge in [-0.2, -0.15) is 0 Å². The summed E-state index contributed by atoms with van der Waals surface area (Å²) in [5, 5.41) is 0.297. The van der Waals surface area contributed by atoms with Crippen molar-refractivity contribution < 1.29 is 4.39 Å². The number of halogens is 1. The molecule has 25 heavy (non-hydrogen) atoms. The molecule has 0 bridgehead atoms. The Labute approximate surface area is 148 Å². The third kappa shape index (κ3) is 4.80. The molecule has 0 aliphatic heterocycles. The average Bonchev–Trinajstić information content (AvgIpc) is 2.60. The van der Waals surface area contributed by atoms with Gasteiger partial charge < -0.3 is 0 Å². The Morgan fingerprint density at radius 3 is 2.04 bits per heavy atom. The van der Waals surface area contributed by atoms with Gasteiger partial charge in [-0.3, -0.25) is 13.9 Å². The average molecular weight is 347 g/mol. The second kappa shape index (κ2) is 9.54. The molecule has 0 saturated carbocycles. The zero-order chi connectivity index (χ0) is 18.2. The molecule has 1 aromatic heterocycles. The summed E-state index contributed by atoms with van der Waals surface area (Å²) in [4.78, 5) is 25.5. The van der Waals surface area contributed by atoms with Crippen LogP contribution < -0.4 is 11.2 Å². The van der Waals surface area contributed by atoms with Gasteiger partial charge in [-0.1, -0.05) is 52.4 Å². The van der Waals surface area contributed by atoms with E-state index in [2.05, 4.69) is 13.8 Å². The van der Waals surface area contributed by atoms with E-state index in [-0.39, 0.29) is 11.2 Å². The molecule has 0 aliphatic rings. The number of rotatable bonds is 10. The lowest BCUT2D eigenvalue weighted by Crippen LogP contribution is -2.40. The summed E-state index contributed by atoms with van der Waals surface area (Å²) in [6.07, 6.45) is 8.13. The maximum absolute atomic E-state index is 13.6. The van der Waals surface area contributed by atoms with Gasteiger partial charge in [-0.15, -0.1) is 0 Å². The van der Waals surface area contributed by atoms with Gasteiger partial charge in [0.15, 0.2) is 0 Å². The molecular formula is C20H29FN2O2. The highest BCUT2D eigenvalue weighted by Gasteiger charge is 2.13. The van der Waals surface area contributed by atoms with Crippen LogP contribution in [-0.2, 0) is 13.1 Å². The van der Waals surface area contributed by atoms with Gasteiger partial charge in [0.05, 0.1) is 10.9 Å². The van der Waals surface area contributed by atoms with Crippen molar-refractivity contribution in [2.45, 2.75) is 78.3 Å². The van der Waals surface area contributed by atoms with Gasteiger partial charge in [0.25, 0.3) is 5.56 Å². The number of benzene rings is 1. The summed E-state index contributed by atoms with van der Waals surface area (Å²) < 4.78 is 16.6. The van der Waals surface area contributed by atoms with Crippen molar-refractivity contribution in [3.63, 3.8) is 0 Å². The van der Waals surface area contributed by atoms with Crippen LogP contribution in [0.3, 0.4) is 0 Å². The lowest BCUT2D eigenvalue weighted by molar-refractivity contribution is 0.509. The zero-order valence-electron chi connectivity index (χ0n) is 15.4. The van der Waals surface area contributed by atoms with Crippen LogP contribution >= 0.6 is 0 Å². The van der Waals surface area contributed by atoms with Crippen molar-refractivity contribution in [3.8, 4) is 0 Å². The number of fused-ring (bicyclic) bond motifs is 1. The fourth-order valence-electron chi connectivity index (χ4n) is 3.20. The molecule has 0 radical (unpaired) electrons. The molecule has 1 aromatic carbocycles. The Bertz CT molecular complexity index is 808. The summed E-state index contributed by atoms with van der Waals surface area (Å²) in [7, 11) is 0. The number of nitrogens with zero attached hydrogens (tertiary/aromatic N) is 2. The van der Waals surface area contributed by atoms with Crippen LogP contribution in [0.15, 0.2) is 27.8 Å². The Morgan fingerprint density at radius 1 is 0.840 bits per heavy atom. The van der Waals surface area contributed by atoms with Crippen LogP contribution in [0.1, 0.15) is 65.2 Å². The molecule has 0 atom stereocenters. The number of hydrogen-bond donors (Lipinski definition) is 0. The molecule has 1 heterocycles. The van der Waals surface area contributed by atoms with E-state index in [4.69, 9.17) is 0 Å². The number of aromatic nitrogens is 2. The first-order chi connectivity index (χ1) is 12.1. The topological polar surface area (TPSA) is 44.0 Å². The van der Waals surface area contributed by atoms with E-state index in [9.17, 15) is 14.0 Å². The molecule has 4 nitrogen and oxygen atoms in total. The van der Waals surface area contributed by atoms with Gasteiger partial charge in [0.1, 0.15) is 5.82 Å². The predicted molar refractivity (Wildman–Crippen MR) is 101 cm³/mol. The largest absolute Gasteiger partial charge is 0.331 e. The fourth-order valence-corrected chi connectivity index (χ4v) is 3.20. The molecule has 0 fully saturated rings. The lowest BCUT2D eigenvalue weighted by Gasteiger charge is -2.14. The Morgan fingerprint density at radius 2 is 1.44 bits per heavy atom. The van der Waals surface area contributed by atoms with Crippen molar-refractivity contribution in [1.82, 2.24) is 9.13 Å². The molecule has 0 spiro atoms. The zero-order valence-corrected chi connectivity index (χ0v) is 15.4. The molecule has 138 valence electrons. The van der Waals surface area contributed by atoms with Gasteiger partial charge in [0.2, 0.25) is 0 Å². The number of hydrogen-bond acceptors (Lipinski definition) is 2. The highest BCUT2D eigenvalue weighted by Crippen LogP contribution is 2.12. The van der Waals surface area contributed by atoms with Gasteiger partial charge in [-0.05, 0) is 31.0 Å². The molecular weight excluding hydrogens is 318 g/mol. The standard InChI is InChI=1S/C20H29FN2O2/c1-3-5-7-9-13-22-18-12-11-16(21)15-17(18)19(24)23(20(22)25)14-10-8-6-4-2/h11-12,15H,3-10,13-14H2,1-2H3/i21-1. The minimum Gasteiger partial charge on any atom is -0.293 e. The van der Waals surface area contributed by atoms with E-state index in [0.717, 1.165) is 51.4 Å². The minimum absolute atomic E-state index is 0.267. The van der Waals surface area contributed by atoms with E-state index in [1.165, 1.54) is 16.7 Å². The fraction of sp³-hybridized carbons (Fsp3) is 0.600. The minimum atomic E-state index is -0.446. The highest BCUT2D eigenvalue weighted by atomic mass is 18.2. The lowest BCUT2D eigenvalue weighted by atomic mass is 10.2. The first kappa shape index (κ1) is 19.4. The molecule has 0 amide bonds. The monoisotopic (exact) mass is 347 g/mol. The van der Waals surface area contributed by atoms with E-state index in [0.29, 0.717) is 24.0 Å². The number of unbranched alkanes of at least 4 members (excludes halogenated alkanes) is 6. The van der Waals surface area contributed by atoms with Crippen LogP contribution in [0, 0.1) is 5.82 Å². The van der Waals surface area contributed by atoms with E-state index < -0.39 is 5.82 Å². The quantitative estimate of drug-likeness (QED) is 0.596. The second-order valence-electron chi connectivity index (χ2n) is 6.67. The summed E-state index contributed by atoms with van der Waals surface area (Å²) >= 11 is 0. The third-order valence-electron chi connectivity index (χ3n) is 4.66. The SMILES string of the molecule is CCCCCCn1c(=O)c2cc([18F])ccc2n(CCCCCC)c1=O. The molecule has 0 aliphatic carbocycles. The van der Waals surface area contributed by atoms with E-state index >= 15 is 0 Å². The highest BCUT2D eigenvalue weighted by molar-refractivity contribution is 5.78. The van der Waals surface area contributed by atoms with Crippen molar-refractivity contribution in [2.75, 3.05) is 0 Å². The number of aryl methyl sites for hydroxylation is 1. The maximum Gasteiger partial charge on any atom is 0.331 e. The molecule has 2 aromatic rings. The van der Waals surface area contributed by atoms with Gasteiger partial charge in [-0.25, -0.2) is 9.18 Å². The first-order valence-electron chi connectivity index (χ1n) is 9.53. The van der Waals surface area contributed by atoms with Crippen molar-refractivity contribution in [1.29, 1.82) is 0 Å². The summed E-state index contributed by atoms with van der Waals surface area (Å²) in [6.45, 7) is 5.23. The van der Waals surface area contributed by atoms with Crippen LogP contribution in [-0.4, -0.2) is 9.13 Å². The Kier molecular flexibility index (Phi) is 7.41. The summed E-state index contributed by atoms with van der Waals surface area (Å²) in [5.41, 5.74) is -0.101. The van der Waals surface area contributed by atoms with Gasteiger partial charge in [0, 0.05) is 13.1 Å². The summed E-state index contributed by atoms with van der Waals surface area (Å²) in [6, 6.07) is 4.12. The van der Waals surface area contributed by atoms with Crippen LogP contribution in [0.2, 0.25) is 0 Å². The molecule has 0 N–H and O–H groups in total. The Balaban J connectivity index is 2.41. The first-order valence-corrected chi connectivity index (χ1v) is 9.53. The van der Waals surface area contributed by atoms with Crippen molar-refractivity contribution in [2.24, 2.45) is 0 Å². The van der Waals surface area contributed by atoms with Crippen LogP contribution in [0.4, 0.5) is 4.39 Å². The van der Waals surface area contributed by atoms with E-state index in [1.807, 2.05) is 0 Å². The molecule has 2 rings (SSSR count). The van der Waals surface area contributed by atoms with Crippen molar-refractivity contribution >= 4 is 10.9 Å². The van der Waals surface area contributed by atoms with Crippen molar-refractivity contribution in [3.05, 3.63) is 44.9 Å². The smallest absolute Gasteiger partial charge is 0.293 e. The van der Waals surface area contributed by atoms with Gasteiger partial charge >= 0.3 is 5.69 Å². The van der Waals surface area contributed by atoms with Crippen LogP contribution in [0.25, 0.3) is 10.9 Å². The molecule has 0 unspecified atom stereocenters.